The molecule has 1 atom stereocenters. The van der Waals surface area contributed by atoms with Crippen molar-refractivity contribution in [3.05, 3.63) is 34.9 Å². The summed E-state index contributed by atoms with van der Waals surface area (Å²) in [5.74, 6) is 0.122. The second kappa shape index (κ2) is 7.63. The van der Waals surface area contributed by atoms with E-state index >= 15 is 0 Å². The Morgan fingerprint density at radius 1 is 1.45 bits per heavy atom. The molecule has 1 aliphatic rings. The van der Waals surface area contributed by atoms with Gasteiger partial charge in [0.15, 0.2) is 0 Å². The summed E-state index contributed by atoms with van der Waals surface area (Å²) in [6.07, 6.45) is 2.67. The van der Waals surface area contributed by atoms with Crippen LogP contribution in [-0.2, 0) is 16.1 Å². The number of halogens is 1. The molecule has 1 aromatic rings. The van der Waals surface area contributed by atoms with E-state index in [1.165, 1.54) is 0 Å². The van der Waals surface area contributed by atoms with E-state index in [1.54, 1.807) is 0 Å². The van der Waals surface area contributed by atoms with Gasteiger partial charge in [-0.3, -0.25) is 9.59 Å². The number of hydrogen-bond donors (Lipinski definition) is 1. The summed E-state index contributed by atoms with van der Waals surface area (Å²) in [6.45, 7) is 4.54. The maximum atomic E-state index is 12.6. The molecule has 1 unspecified atom stereocenters. The van der Waals surface area contributed by atoms with Crippen LogP contribution in [0.15, 0.2) is 24.3 Å². The molecular formula is C17H23ClN2O2. The van der Waals surface area contributed by atoms with Crippen LogP contribution in [0.3, 0.4) is 0 Å². The Bertz CT molecular complexity index is 545. The number of piperidine rings is 1. The Hall–Kier alpha value is -1.55. The normalized spacial score (nSPS) is 18.2. The fourth-order valence-electron chi connectivity index (χ4n) is 2.75. The number of benzene rings is 1. The lowest BCUT2D eigenvalue weighted by Gasteiger charge is -2.30. The average Bonchev–Trinajstić information content (AvgIpc) is 2.44. The average molecular weight is 323 g/mol. The van der Waals surface area contributed by atoms with Crippen molar-refractivity contribution in [1.82, 2.24) is 10.2 Å². The van der Waals surface area contributed by atoms with E-state index in [9.17, 15) is 9.59 Å². The van der Waals surface area contributed by atoms with Crippen LogP contribution < -0.4 is 5.32 Å². The van der Waals surface area contributed by atoms with Gasteiger partial charge in [-0.1, -0.05) is 23.7 Å². The highest BCUT2D eigenvalue weighted by Gasteiger charge is 2.25. The molecule has 0 saturated carbocycles. The fourth-order valence-corrected chi connectivity index (χ4v) is 2.97. The molecule has 2 amide bonds. The summed E-state index contributed by atoms with van der Waals surface area (Å²) < 4.78 is 0. The standard InChI is InChI=1S/C17H23ClN2O2/c1-12(2)20(11-13-5-3-6-14(18)9-13)17(22)10-15-7-4-8-16(21)19-15/h3,5-6,9,12,15H,4,7-8,10-11H2,1-2H3,(H,19,21). The van der Waals surface area contributed by atoms with Crippen molar-refractivity contribution in [3.8, 4) is 0 Å². The molecule has 5 heteroatoms. The lowest BCUT2D eigenvalue weighted by Crippen LogP contribution is -2.44. The van der Waals surface area contributed by atoms with Gasteiger partial charge in [0.05, 0.1) is 0 Å². The quantitative estimate of drug-likeness (QED) is 0.905. The highest BCUT2D eigenvalue weighted by Crippen LogP contribution is 2.17. The predicted molar refractivity (Wildman–Crippen MR) is 87.5 cm³/mol. The van der Waals surface area contributed by atoms with E-state index in [0.29, 0.717) is 24.4 Å². The molecule has 1 N–H and O–H groups in total. The van der Waals surface area contributed by atoms with Gasteiger partial charge in [-0.15, -0.1) is 0 Å². The van der Waals surface area contributed by atoms with Gasteiger partial charge < -0.3 is 10.2 Å². The van der Waals surface area contributed by atoms with Crippen LogP contribution in [0.4, 0.5) is 0 Å². The zero-order valence-electron chi connectivity index (χ0n) is 13.1. The van der Waals surface area contributed by atoms with E-state index in [2.05, 4.69) is 5.32 Å². The second-order valence-corrected chi connectivity index (χ2v) is 6.54. The highest BCUT2D eigenvalue weighted by molar-refractivity contribution is 6.30. The molecule has 0 aromatic heterocycles. The number of hydrogen-bond acceptors (Lipinski definition) is 2. The zero-order valence-corrected chi connectivity index (χ0v) is 13.9. The minimum absolute atomic E-state index is 0.0330. The Labute approximate surface area is 136 Å². The molecule has 2 rings (SSSR count). The molecule has 1 fully saturated rings. The SMILES string of the molecule is CC(C)N(Cc1cccc(Cl)c1)C(=O)CC1CCCC(=O)N1. The van der Waals surface area contributed by atoms with Crippen molar-refractivity contribution in [1.29, 1.82) is 0 Å². The number of carbonyl (C=O) groups is 2. The number of amides is 2. The highest BCUT2D eigenvalue weighted by atomic mass is 35.5. The number of nitrogens with zero attached hydrogens (tertiary/aromatic N) is 1. The van der Waals surface area contributed by atoms with Crippen LogP contribution in [0.2, 0.25) is 5.02 Å². The van der Waals surface area contributed by atoms with Crippen molar-refractivity contribution in [3.63, 3.8) is 0 Å². The van der Waals surface area contributed by atoms with Gasteiger partial charge in [-0.25, -0.2) is 0 Å². The lowest BCUT2D eigenvalue weighted by atomic mass is 10.0. The topological polar surface area (TPSA) is 49.4 Å². The minimum Gasteiger partial charge on any atom is -0.353 e. The number of rotatable bonds is 5. The fraction of sp³-hybridized carbons (Fsp3) is 0.529. The van der Waals surface area contributed by atoms with Crippen LogP contribution in [0.25, 0.3) is 0 Å². The molecule has 1 saturated heterocycles. The third-order valence-electron chi connectivity index (χ3n) is 3.93. The third kappa shape index (κ3) is 4.73. The van der Waals surface area contributed by atoms with Crippen LogP contribution in [0.1, 0.15) is 45.1 Å². The predicted octanol–water partition coefficient (Wildman–Crippen LogP) is 3.14. The van der Waals surface area contributed by atoms with Crippen molar-refractivity contribution in [2.75, 3.05) is 0 Å². The van der Waals surface area contributed by atoms with E-state index < -0.39 is 0 Å². The van der Waals surface area contributed by atoms with Gasteiger partial charge in [-0.05, 0) is 44.4 Å². The Kier molecular flexibility index (Phi) is 5.83. The van der Waals surface area contributed by atoms with Gasteiger partial charge in [0.25, 0.3) is 0 Å². The molecule has 4 nitrogen and oxygen atoms in total. The first-order valence-electron chi connectivity index (χ1n) is 7.79. The maximum absolute atomic E-state index is 12.6. The van der Waals surface area contributed by atoms with Crippen LogP contribution >= 0.6 is 11.6 Å². The summed E-state index contributed by atoms with van der Waals surface area (Å²) in [4.78, 5) is 25.9. The summed E-state index contributed by atoms with van der Waals surface area (Å²) in [5.41, 5.74) is 1.02. The first-order chi connectivity index (χ1) is 10.5. The zero-order chi connectivity index (χ0) is 16.1. The first kappa shape index (κ1) is 16.8. The molecule has 1 aromatic carbocycles. The molecule has 0 bridgehead atoms. The van der Waals surface area contributed by atoms with Crippen LogP contribution in [0.5, 0.6) is 0 Å². The molecule has 22 heavy (non-hydrogen) atoms. The number of carbonyl (C=O) groups excluding carboxylic acids is 2. The van der Waals surface area contributed by atoms with E-state index in [4.69, 9.17) is 11.6 Å². The van der Waals surface area contributed by atoms with Gasteiger partial charge in [0.2, 0.25) is 11.8 Å². The number of nitrogens with one attached hydrogen (secondary N) is 1. The van der Waals surface area contributed by atoms with Gasteiger partial charge in [0, 0.05) is 36.5 Å². The van der Waals surface area contributed by atoms with Crippen LogP contribution in [0, 0.1) is 0 Å². The molecule has 120 valence electrons. The second-order valence-electron chi connectivity index (χ2n) is 6.11. The van der Waals surface area contributed by atoms with E-state index in [-0.39, 0.29) is 23.9 Å². The maximum Gasteiger partial charge on any atom is 0.225 e. The Morgan fingerprint density at radius 3 is 2.86 bits per heavy atom. The monoisotopic (exact) mass is 322 g/mol. The summed E-state index contributed by atoms with van der Waals surface area (Å²) in [5, 5.41) is 3.58. The molecule has 0 spiro atoms. The van der Waals surface area contributed by atoms with Gasteiger partial charge in [-0.2, -0.15) is 0 Å². The van der Waals surface area contributed by atoms with E-state index in [1.807, 2.05) is 43.0 Å². The van der Waals surface area contributed by atoms with Crippen LogP contribution in [-0.4, -0.2) is 28.8 Å². The van der Waals surface area contributed by atoms with Crippen molar-refractivity contribution in [2.45, 2.75) is 58.2 Å². The summed E-state index contributed by atoms with van der Waals surface area (Å²) in [7, 11) is 0. The molecular weight excluding hydrogens is 300 g/mol. The first-order valence-corrected chi connectivity index (χ1v) is 8.17. The Morgan fingerprint density at radius 2 is 2.23 bits per heavy atom. The summed E-state index contributed by atoms with van der Waals surface area (Å²) in [6, 6.07) is 7.63. The van der Waals surface area contributed by atoms with Crippen molar-refractivity contribution >= 4 is 23.4 Å². The minimum atomic E-state index is -0.0330. The van der Waals surface area contributed by atoms with Crippen molar-refractivity contribution in [2.24, 2.45) is 0 Å². The molecule has 0 radical (unpaired) electrons. The largest absolute Gasteiger partial charge is 0.353 e. The third-order valence-corrected chi connectivity index (χ3v) is 4.16. The summed E-state index contributed by atoms with van der Waals surface area (Å²) >= 11 is 6.01. The molecule has 1 heterocycles. The Balaban J connectivity index is 2.00. The van der Waals surface area contributed by atoms with E-state index in [0.717, 1.165) is 18.4 Å². The molecule has 1 aliphatic heterocycles. The molecule has 0 aliphatic carbocycles. The van der Waals surface area contributed by atoms with Gasteiger partial charge >= 0.3 is 0 Å². The van der Waals surface area contributed by atoms with Gasteiger partial charge in [0.1, 0.15) is 0 Å². The lowest BCUT2D eigenvalue weighted by molar-refractivity contribution is -0.134. The smallest absolute Gasteiger partial charge is 0.225 e. The van der Waals surface area contributed by atoms with Crippen molar-refractivity contribution < 1.29 is 9.59 Å².